The Morgan fingerprint density at radius 3 is 2.76 bits per heavy atom. The number of hydrogen-bond donors (Lipinski definition) is 1. The first-order valence-corrected chi connectivity index (χ1v) is 9.19. The molecule has 1 aromatic heterocycles. The monoisotopic (exact) mass is 382 g/mol. The molecule has 1 N–H and O–H groups in total. The zero-order valence-electron chi connectivity index (χ0n) is 11.0. The van der Waals surface area contributed by atoms with Crippen LogP contribution in [0.4, 0.5) is 5.69 Å². The molecule has 0 unspecified atom stereocenters. The molecule has 4 nitrogen and oxygen atoms in total. The molecule has 3 aromatic rings. The molecular weight excluding hydrogens is 372 g/mol. The van der Waals surface area contributed by atoms with Gasteiger partial charge in [0.05, 0.1) is 25.8 Å². The van der Waals surface area contributed by atoms with Crippen LogP contribution in [-0.2, 0) is 10.0 Å². The predicted octanol–water partition coefficient (Wildman–Crippen LogP) is 4.17. The van der Waals surface area contributed by atoms with E-state index in [9.17, 15) is 8.42 Å². The number of sulfonamides is 1. The van der Waals surface area contributed by atoms with Gasteiger partial charge in [0, 0.05) is 4.47 Å². The van der Waals surface area contributed by atoms with Crippen LogP contribution in [-0.4, -0.2) is 13.4 Å². The van der Waals surface area contributed by atoms with E-state index in [0.717, 1.165) is 19.7 Å². The minimum atomic E-state index is -3.60. The SMILES string of the molecule is Cc1nc2cc(NS(=O)(=O)c3cccc(Br)c3)ccc2s1. The van der Waals surface area contributed by atoms with Crippen LogP contribution in [0.3, 0.4) is 0 Å². The van der Waals surface area contributed by atoms with Crippen molar-refractivity contribution in [3.05, 3.63) is 51.9 Å². The summed E-state index contributed by atoms with van der Waals surface area (Å²) in [5.74, 6) is 0. The largest absolute Gasteiger partial charge is 0.280 e. The second-order valence-corrected chi connectivity index (χ2v) is 8.31. The van der Waals surface area contributed by atoms with Gasteiger partial charge in [0.2, 0.25) is 0 Å². The van der Waals surface area contributed by atoms with Crippen molar-refractivity contribution in [2.45, 2.75) is 11.8 Å². The molecule has 3 rings (SSSR count). The third-order valence-electron chi connectivity index (χ3n) is 2.85. The summed E-state index contributed by atoms with van der Waals surface area (Å²) in [6, 6.07) is 11.9. The summed E-state index contributed by atoms with van der Waals surface area (Å²) < 4.78 is 29.0. The van der Waals surface area contributed by atoms with Crippen molar-refractivity contribution in [1.29, 1.82) is 0 Å². The Kier molecular flexibility index (Phi) is 3.73. The average Bonchev–Trinajstić information content (AvgIpc) is 2.77. The number of anilines is 1. The van der Waals surface area contributed by atoms with Crippen LogP contribution in [0.15, 0.2) is 51.8 Å². The number of halogens is 1. The number of nitrogens with one attached hydrogen (secondary N) is 1. The Balaban J connectivity index is 1.96. The summed E-state index contributed by atoms with van der Waals surface area (Å²) in [5.41, 5.74) is 1.31. The second kappa shape index (κ2) is 5.40. The van der Waals surface area contributed by atoms with Gasteiger partial charge in [0.1, 0.15) is 0 Å². The van der Waals surface area contributed by atoms with Crippen LogP contribution in [0.5, 0.6) is 0 Å². The summed E-state index contributed by atoms with van der Waals surface area (Å²) in [6.45, 7) is 1.93. The minimum absolute atomic E-state index is 0.214. The molecule has 0 aliphatic carbocycles. The number of hydrogen-bond acceptors (Lipinski definition) is 4. The molecule has 0 amide bonds. The predicted molar refractivity (Wildman–Crippen MR) is 89.3 cm³/mol. The fourth-order valence-electron chi connectivity index (χ4n) is 1.95. The molecular formula is C14H11BrN2O2S2. The Labute approximate surface area is 135 Å². The fourth-order valence-corrected chi connectivity index (χ4v) is 4.41. The lowest BCUT2D eigenvalue weighted by Crippen LogP contribution is -2.12. The van der Waals surface area contributed by atoms with Crippen LogP contribution >= 0.6 is 27.3 Å². The van der Waals surface area contributed by atoms with Gasteiger partial charge in [-0.2, -0.15) is 0 Å². The maximum atomic E-state index is 12.3. The first-order valence-electron chi connectivity index (χ1n) is 6.10. The van der Waals surface area contributed by atoms with Gasteiger partial charge in [-0.1, -0.05) is 22.0 Å². The molecule has 0 atom stereocenters. The number of nitrogens with zero attached hydrogens (tertiary/aromatic N) is 1. The molecule has 0 bridgehead atoms. The van der Waals surface area contributed by atoms with Crippen molar-refractivity contribution >= 4 is 53.2 Å². The number of fused-ring (bicyclic) bond motifs is 1. The topological polar surface area (TPSA) is 59.1 Å². The molecule has 21 heavy (non-hydrogen) atoms. The molecule has 0 saturated heterocycles. The Bertz CT molecular complexity index is 920. The van der Waals surface area contributed by atoms with Gasteiger partial charge in [-0.3, -0.25) is 4.72 Å². The van der Waals surface area contributed by atoms with E-state index >= 15 is 0 Å². The number of thiazole rings is 1. The molecule has 0 spiro atoms. The number of benzene rings is 2. The van der Waals surface area contributed by atoms with Crippen LogP contribution in [0.25, 0.3) is 10.2 Å². The van der Waals surface area contributed by atoms with Crippen molar-refractivity contribution in [3.63, 3.8) is 0 Å². The summed E-state index contributed by atoms with van der Waals surface area (Å²) in [7, 11) is -3.60. The highest BCUT2D eigenvalue weighted by atomic mass is 79.9. The standard InChI is InChI=1S/C14H11BrN2O2S2/c1-9-16-13-8-11(5-6-14(13)20-9)17-21(18,19)12-4-2-3-10(15)7-12/h2-8,17H,1H3. The Morgan fingerprint density at radius 1 is 1.19 bits per heavy atom. The van der Waals surface area contributed by atoms with Gasteiger partial charge in [-0.15, -0.1) is 11.3 Å². The van der Waals surface area contributed by atoms with E-state index in [-0.39, 0.29) is 4.90 Å². The maximum Gasteiger partial charge on any atom is 0.261 e. The molecule has 0 radical (unpaired) electrons. The number of aromatic nitrogens is 1. The van der Waals surface area contributed by atoms with Crippen molar-refractivity contribution < 1.29 is 8.42 Å². The minimum Gasteiger partial charge on any atom is -0.280 e. The molecule has 0 aliphatic heterocycles. The summed E-state index contributed by atoms with van der Waals surface area (Å²) >= 11 is 4.86. The Hall–Kier alpha value is -1.44. The van der Waals surface area contributed by atoms with E-state index in [0.29, 0.717) is 5.69 Å². The molecule has 0 aliphatic rings. The Morgan fingerprint density at radius 2 is 2.00 bits per heavy atom. The quantitative estimate of drug-likeness (QED) is 0.739. The zero-order valence-corrected chi connectivity index (χ0v) is 14.2. The lowest BCUT2D eigenvalue weighted by atomic mass is 10.3. The van der Waals surface area contributed by atoms with Crippen molar-refractivity contribution in [2.75, 3.05) is 4.72 Å². The van der Waals surface area contributed by atoms with E-state index in [1.54, 1.807) is 47.7 Å². The average molecular weight is 383 g/mol. The van der Waals surface area contributed by atoms with Crippen LogP contribution in [0.1, 0.15) is 5.01 Å². The molecule has 108 valence electrons. The summed E-state index contributed by atoms with van der Waals surface area (Å²) in [6.07, 6.45) is 0. The van der Waals surface area contributed by atoms with E-state index < -0.39 is 10.0 Å². The van der Waals surface area contributed by atoms with Crippen molar-refractivity contribution in [3.8, 4) is 0 Å². The van der Waals surface area contributed by atoms with Crippen LogP contribution in [0, 0.1) is 6.92 Å². The summed E-state index contributed by atoms with van der Waals surface area (Å²) in [5, 5.41) is 0.956. The summed E-state index contributed by atoms with van der Waals surface area (Å²) in [4.78, 5) is 4.58. The molecule has 7 heteroatoms. The van der Waals surface area contributed by atoms with Gasteiger partial charge in [0.25, 0.3) is 10.0 Å². The lowest BCUT2D eigenvalue weighted by molar-refractivity contribution is 0.601. The molecule has 1 heterocycles. The lowest BCUT2D eigenvalue weighted by Gasteiger charge is -2.08. The highest BCUT2D eigenvalue weighted by Gasteiger charge is 2.15. The second-order valence-electron chi connectivity index (χ2n) is 4.48. The number of rotatable bonds is 3. The van der Waals surface area contributed by atoms with Gasteiger partial charge >= 0.3 is 0 Å². The van der Waals surface area contributed by atoms with E-state index in [4.69, 9.17) is 0 Å². The van der Waals surface area contributed by atoms with E-state index in [1.165, 1.54) is 0 Å². The first-order chi connectivity index (χ1) is 9.94. The fraction of sp³-hybridized carbons (Fsp3) is 0.0714. The number of aryl methyl sites for hydroxylation is 1. The van der Waals surface area contributed by atoms with Crippen molar-refractivity contribution in [2.24, 2.45) is 0 Å². The highest BCUT2D eigenvalue weighted by Crippen LogP contribution is 2.26. The van der Waals surface area contributed by atoms with E-state index in [2.05, 4.69) is 25.6 Å². The first kappa shape index (κ1) is 14.5. The van der Waals surface area contributed by atoms with Gasteiger partial charge in [-0.25, -0.2) is 13.4 Å². The van der Waals surface area contributed by atoms with Gasteiger partial charge < -0.3 is 0 Å². The van der Waals surface area contributed by atoms with Gasteiger partial charge in [-0.05, 0) is 43.3 Å². The smallest absolute Gasteiger partial charge is 0.261 e. The normalized spacial score (nSPS) is 11.7. The van der Waals surface area contributed by atoms with Gasteiger partial charge in [0.15, 0.2) is 0 Å². The third kappa shape index (κ3) is 3.09. The third-order valence-corrected chi connectivity index (χ3v) is 5.68. The van der Waals surface area contributed by atoms with E-state index in [1.807, 2.05) is 13.0 Å². The van der Waals surface area contributed by atoms with Crippen LogP contribution in [0.2, 0.25) is 0 Å². The molecule has 0 fully saturated rings. The highest BCUT2D eigenvalue weighted by molar-refractivity contribution is 9.10. The van der Waals surface area contributed by atoms with Crippen molar-refractivity contribution in [1.82, 2.24) is 4.98 Å². The molecule has 2 aromatic carbocycles. The van der Waals surface area contributed by atoms with Crippen LogP contribution < -0.4 is 4.72 Å². The maximum absolute atomic E-state index is 12.3. The molecule has 0 saturated carbocycles. The zero-order chi connectivity index (χ0) is 15.0.